The molecule has 0 aliphatic rings. The predicted octanol–water partition coefficient (Wildman–Crippen LogP) is 3.51. The lowest BCUT2D eigenvalue weighted by atomic mass is 10.0. The zero-order valence-corrected chi connectivity index (χ0v) is 15.3. The van der Waals surface area contributed by atoms with E-state index in [0.29, 0.717) is 39.8 Å². The highest BCUT2D eigenvalue weighted by molar-refractivity contribution is 5.68. The first-order valence-electron chi connectivity index (χ1n) is 8.15. The average molecular weight is 368 g/mol. The van der Waals surface area contributed by atoms with Crippen LogP contribution in [-0.4, -0.2) is 36.6 Å². The highest BCUT2D eigenvalue weighted by atomic mass is 16.5. The molecule has 1 heterocycles. The zero-order valence-electron chi connectivity index (χ0n) is 15.3. The van der Waals surface area contributed by atoms with E-state index in [2.05, 4.69) is 16.7 Å². The van der Waals surface area contributed by atoms with E-state index in [4.69, 9.17) is 18.7 Å². The summed E-state index contributed by atoms with van der Waals surface area (Å²) in [6, 6.07) is 12.6. The Hall–Kier alpha value is -3.32. The van der Waals surface area contributed by atoms with Gasteiger partial charge in [0.2, 0.25) is 11.6 Å². The summed E-state index contributed by atoms with van der Waals surface area (Å²) in [4.78, 5) is 4.34. The van der Waals surface area contributed by atoms with E-state index >= 15 is 0 Å². The van der Waals surface area contributed by atoms with Gasteiger partial charge >= 0.3 is 0 Å². The lowest BCUT2D eigenvalue weighted by molar-refractivity contribution is 0.233. The number of nitrogens with zero attached hydrogens (tertiary/aromatic N) is 2. The second-order valence-electron chi connectivity index (χ2n) is 5.68. The monoisotopic (exact) mass is 368 g/mol. The number of benzene rings is 2. The van der Waals surface area contributed by atoms with Crippen molar-refractivity contribution >= 4 is 5.57 Å². The maximum atomic E-state index is 10.5. The van der Waals surface area contributed by atoms with Gasteiger partial charge in [0.1, 0.15) is 6.10 Å². The normalized spacial score (nSPS) is 11.7. The number of hydrogen-bond acceptors (Lipinski definition) is 7. The smallest absolute Gasteiger partial charge is 0.256 e. The van der Waals surface area contributed by atoms with E-state index in [0.717, 1.165) is 0 Å². The van der Waals surface area contributed by atoms with Crippen molar-refractivity contribution in [2.45, 2.75) is 6.10 Å². The Kier molecular flexibility index (Phi) is 5.42. The Labute approximate surface area is 156 Å². The Bertz CT molecular complexity index is 912. The summed E-state index contributed by atoms with van der Waals surface area (Å²) in [6.45, 7) is 3.89. The highest BCUT2D eigenvalue weighted by Crippen LogP contribution is 2.40. The SMILES string of the molecule is C=C(c1nc(-c2cc(OC)c(OC)c(OC)c2)no1)C(O)c1ccccc1. The first-order chi connectivity index (χ1) is 13.1. The van der Waals surface area contributed by atoms with Crippen molar-refractivity contribution < 1.29 is 23.8 Å². The summed E-state index contributed by atoms with van der Waals surface area (Å²) in [6.07, 6.45) is -0.945. The molecule has 0 saturated carbocycles. The number of aliphatic hydroxyl groups is 1. The minimum atomic E-state index is -0.945. The maximum Gasteiger partial charge on any atom is 0.256 e. The van der Waals surface area contributed by atoms with Gasteiger partial charge in [-0.3, -0.25) is 0 Å². The molecule has 0 radical (unpaired) electrons. The van der Waals surface area contributed by atoms with Crippen molar-refractivity contribution in [2.75, 3.05) is 21.3 Å². The van der Waals surface area contributed by atoms with Gasteiger partial charge in [0.05, 0.1) is 21.3 Å². The molecule has 7 nitrogen and oxygen atoms in total. The molecule has 0 bridgehead atoms. The summed E-state index contributed by atoms with van der Waals surface area (Å²) >= 11 is 0. The van der Waals surface area contributed by atoms with E-state index in [1.165, 1.54) is 21.3 Å². The zero-order chi connectivity index (χ0) is 19.4. The van der Waals surface area contributed by atoms with Gasteiger partial charge in [-0.2, -0.15) is 4.98 Å². The number of aliphatic hydroxyl groups excluding tert-OH is 1. The van der Waals surface area contributed by atoms with Crippen molar-refractivity contribution in [1.29, 1.82) is 0 Å². The van der Waals surface area contributed by atoms with E-state index in [-0.39, 0.29) is 5.89 Å². The third kappa shape index (κ3) is 3.63. The summed E-state index contributed by atoms with van der Waals surface area (Å²) in [7, 11) is 4.59. The van der Waals surface area contributed by atoms with E-state index in [1.54, 1.807) is 24.3 Å². The molecule has 7 heteroatoms. The van der Waals surface area contributed by atoms with Gasteiger partial charge in [0.15, 0.2) is 11.5 Å². The van der Waals surface area contributed by atoms with Crippen molar-refractivity contribution in [3.8, 4) is 28.6 Å². The second-order valence-corrected chi connectivity index (χ2v) is 5.68. The first-order valence-corrected chi connectivity index (χ1v) is 8.15. The van der Waals surface area contributed by atoms with Crippen LogP contribution < -0.4 is 14.2 Å². The molecule has 3 aromatic rings. The largest absolute Gasteiger partial charge is 0.493 e. The Morgan fingerprint density at radius 3 is 2.22 bits per heavy atom. The van der Waals surface area contributed by atoms with Crippen molar-refractivity contribution in [1.82, 2.24) is 10.1 Å². The van der Waals surface area contributed by atoms with Crippen LogP contribution in [0.15, 0.2) is 53.6 Å². The number of rotatable bonds is 7. The standard InChI is InChI=1S/C20H20N2O5/c1-12(17(23)13-8-6-5-7-9-13)20-21-19(22-27-20)14-10-15(24-2)18(26-4)16(11-14)25-3/h5-11,17,23H,1H2,2-4H3. The van der Waals surface area contributed by atoms with Crippen molar-refractivity contribution in [2.24, 2.45) is 0 Å². The molecule has 1 atom stereocenters. The van der Waals surface area contributed by atoms with E-state index in [9.17, 15) is 5.11 Å². The summed E-state index contributed by atoms with van der Waals surface area (Å²) < 4.78 is 21.3. The first kappa shape index (κ1) is 18.5. The molecule has 0 spiro atoms. The molecule has 1 unspecified atom stereocenters. The molecule has 27 heavy (non-hydrogen) atoms. The molecule has 2 aromatic carbocycles. The van der Waals surface area contributed by atoms with Crippen LogP contribution in [0.3, 0.4) is 0 Å². The molecule has 0 aliphatic carbocycles. The van der Waals surface area contributed by atoms with E-state index < -0.39 is 6.10 Å². The van der Waals surface area contributed by atoms with Crippen LogP contribution in [0.25, 0.3) is 17.0 Å². The van der Waals surface area contributed by atoms with Crippen LogP contribution in [0.1, 0.15) is 17.6 Å². The molecule has 140 valence electrons. The molecular weight excluding hydrogens is 348 g/mol. The summed E-state index contributed by atoms with van der Waals surface area (Å²) in [5.41, 5.74) is 1.61. The minimum absolute atomic E-state index is 0.148. The van der Waals surface area contributed by atoms with Gasteiger partial charge in [-0.25, -0.2) is 0 Å². The number of methoxy groups -OCH3 is 3. The average Bonchev–Trinajstić information content (AvgIpc) is 3.22. The van der Waals surface area contributed by atoms with Crippen LogP contribution in [0.2, 0.25) is 0 Å². The third-order valence-corrected chi connectivity index (χ3v) is 4.07. The molecule has 3 rings (SSSR count). The van der Waals surface area contributed by atoms with Gasteiger partial charge < -0.3 is 23.8 Å². The van der Waals surface area contributed by atoms with Crippen molar-refractivity contribution in [3.63, 3.8) is 0 Å². The summed E-state index contributed by atoms with van der Waals surface area (Å²) in [5, 5.41) is 14.5. The molecule has 1 aromatic heterocycles. The minimum Gasteiger partial charge on any atom is -0.493 e. The molecule has 1 N–H and O–H groups in total. The predicted molar refractivity (Wildman–Crippen MR) is 99.8 cm³/mol. The number of hydrogen-bond donors (Lipinski definition) is 1. The van der Waals surface area contributed by atoms with E-state index in [1.807, 2.05) is 18.2 Å². The number of ether oxygens (including phenoxy) is 3. The second kappa shape index (κ2) is 7.92. The van der Waals surface area contributed by atoms with Gasteiger partial charge in [-0.15, -0.1) is 0 Å². The Morgan fingerprint density at radius 2 is 1.67 bits per heavy atom. The fourth-order valence-corrected chi connectivity index (χ4v) is 2.63. The molecule has 0 aliphatic heterocycles. The highest BCUT2D eigenvalue weighted by Gasteiger charge is 2.21. The Morgan fingerprint density at radius 1 is 1.04 bits per heavy atom. The van der Waals surface area contributed by atoms with Gasteiger partial charge in [-0.05, 0) is 17.7 Å². The van der Waals surface area contributed by atoms with Crippen LogP contribution in [0.5, 0.6) is 17.2 Å². The van der Waals surface area contributed by atoms with Crippen LogP contribution in [-0.2, 0) is 0 Å². The van der Waals surface area contributed by atoms with Gasteiger partial charge in [0, 0.05) is 11.1 Å². The molecule has 0 fully saturated rings. The molecular formula is C20H20N2O5. The van der Waals surface area contributed by atoms with Gasteiger partial charge in [-0.1, -0.05) is 42.1 Å². The number of aromatic nitrogens is 2. The fourth-order valence-electron chi connectivity index (χ4n) is 2.63. The Balaban J connectivity index is 1.93. The topological polar surface area (TPSA) is 86.8 Å². The fraction of sp³-hybridized carbons (Fsp3) is 0.200. The van der Waals surface area contributed by atoms with Crippen LogP contribution in [0.4, 0.5) is 0 Å². The quantitative estimate of drug-likeness (QED) is 0.683. The van der Waals surface area contributed by atoms with Crippen LogP contribution in [0, 0.1) is 0 Å². The lowest BCUT2D eigenvalue weighted by Gasteiger charge is -2.12. The third-order valence-electron chi connectivity index (χ3n) is 4.07. The molecule has 0 saturated heterocycles. The maximum absolute atomic E-state index is 10.5. The molecule has 0 amide bonds. The van der Waals surface area contributed by atoms with Crippen LogP contribution >= 0.6 is 0 Å². The van der Waals surface area contributed by atoms with Crippen molar-refractivity contribution in [3.05, 3.63) is 60.5 Å². The van der Waals surface area contributed by atoms with Gasteiger partial charge in [0.25, 0.3) is 5.89 Å². The summed E-state index contributed by atoms with van der Waals surface area (Å²) in [5.74, 6) is 1.87. The lowest BCUT2D eigenvalue weighted by Crippen LogP contribution is -2.00.